The van der Waals surface area contributed by atoms with Gasteiger partial charge in [-0.1, -0.05) is 51.2 Å². The second-order valence-electron chi connectivity index (χ2n) is 5.92. The third-order valence-corrected chi connectivity index (χ3v) is 9.89. The van der Waals surface area contributed by atoms with Gasteiger partial charge in [0, 0.05) is 8.07 Å². The first kappa shape index (κ1) is 24.7. The Bertz CT molecular complexity index is 438. The molecule has 1 saturated heterocycles. The molecule has 3 rings (SSSR count). The zero-order valence-corrected chi connectivity index (χ0v) is 19.8. The van der Waals surface area contributed by atoms with Crippen LogP contribution >= 0.6 is 0 Å². The monoisotopic (exact) mass is 520 g/mol. The fourth-order valence-corrected chi connectivity index (χ4v) is 7.61. The first-order valence-electron chi connectivity index (χ1n) is 7.72. The van der Waals surface area contributed by atoms with Crippen LogP contribution in [0.2, 0.25) is 18.1 Å². The van der Waals surface area contributed by atoms with Crippen LogP contribution in [-0.2, 0) is 25.8 Å². The average Bonchev–Trinajstić information content (AvgIpc) is 3.02. The summed E-state index contributed by atoms with van der Waals surface area (Å²) in [5.74, 6) is 0. The fourth-order valence-electron chi connectivity index (χ4n) is 3.03. The van der Waals surface area contributed by atoms with Crippen LogP contribution in [0.15, 0.2) is 36.4 Å². The smallest absolute Gasteiger partial charge is 1.00 e. The van der Waals surface area contributed by atoms with E-state index < -0.39 is 8.07 Å². The molecule has 1 aromatic carbocycles. The van der Waals surface area contributed by atoms with Crippen molar-refractivity contribution in [2.75, 3.05) is 0 Å². The van der Waals surface area contributed by atoms with Gasteiger partial charge in [-0.25, -0.2) is 23.8 Å². The van der Waals surface area contributed by atoms with Crippen molar-refractivity contribution < 1.29 is 50.7 Å². The summed E-state index contributed by atoms with van der Waals surface area (Å²) >= 11 is 0. The minimum atomic E-state index is -0.919. The third kappa shape index (κ3) is 6.94. The van der Waals surface area contributed by atoms with Crippen LogP contribution in [0.5, 0.6) is 0 Å². The van der Waals surface area contributed by atoms with Gasteiger partial charge in [0.2, 0.25) is 0 Å². The second-order valence-corrected chi connectivity index (χ2v) is 10.6. The normalized spacial score (nSPS) is 16.3. The van der Waals surface area contributed by atoms with E-state index in [1.54, 1.807) is 23.3 Å². The van der Waals surface area contributed by atoms with E-state index in [2.05, 4.69) is 44.2 Å². The van der Waals surface area contributed by atoms with Gasteiger partial charge in [-0.2, -0.15) is 23.4 Å². The van der Waals surface area contributed by atoms with Crippen LogP contribution in [0.1, 0.15) is 38.2 Å². The molecule has 0 nitrogen and oxygen atoms in total. The van der Waals surface area contributed by atoms with Crippen molar-refractivity contribution in [1.29, 1.82) is 0 Å². The van der Waals surface area contributed by atoms with Crippen LogP contribution in [0.4, 0.5) is 0 Å². The number of allylic oxidation sites excluding steroid dienone is 4. The molecule has 2 aliphatic rings. The molecule has 0 atom stereocenters. The molecule has 0 saturated carbocycles. The van der Waals surface area contributed by atoms with Crippen molar-refractivity contribution in [2.24, 2.45) is 0 Å². The van der Waals surface area contributed by atoms with E-state index in [-0.39, 0.29) is 50.7 Å². The van der Waals surface area contributed by atoms with Gasteiger partial charge >= 0.3 is 25.8 Å². The van der Waals surface area contributed by atoms with Crippen LogP contribution < -0.4 is 30.0 Å². The van der Waals surface area contributed by atoms with Crippen molar-refractivity contribution in [1.82, 2.24) is 0 Å². The topological polar surface area (TPSA) is 0 Å². The van der Waals surface area contributed by atoms with Crippen molar-refractivity contribution in [2.45, 2.75) is 57.7 Å². The van der Waals surface area contributed by atoms with Crippen LogP contribution in [-0.4, -0.2) is 8.07 Å². The quantitative estimate of drug-likeness (QED) is 0.350. The molecule has 1 heterocycles. The van der Waals surface area contributed by atoms with E-state index in [0.717, 1.165) is 6.42 Å². The predicted molar refractivity (Wildman–Crippen MR) is 87.7 cm³/mol. The minimum absolute atomic E-state index is 0. The average molecular weight is 520 g/mol. The van der Waals surface area contributed by atoms with Crippen LogP contribution in [0, 0.1) is 13.0 Å². The molecule has 1 aliphatic heterocycles. The molecule has 0 bridgehead atoms. The molecular weight excluding hydrogens is 494 g/mol. The SMILES string of the molecule is CCCC[Si]1([c-]2ccc(C)c2)CCC1.[C-]1=CC=CC1.[Cl-].[Cl-].[Hf+4]. The Hall–Kier alpha value is 0.497. The second kappa shape index (κ2) is 12.9. The first-order valence-corrected chi connectivity index (χ1v) is 10.3. The van der Waals surface area contributed by atoms with Crippen molar-refractivity contribution in [3.8, 4) is 0 Å². The zero-order chi connectivity index (χ0) is 13.6. The Morgan fingerprint density at radius 3 is 2.32 bits per heavy atom. The molecule has 1 aliphatic carbocycles. The summed E-state index contributed by atoms with van der Waals surface area (Å²) < 4.78 is 0. The summed E-state index contributed by atoms with van der Waals surface area (Å²) in [4.78, 5) is 0. The maximum atomic E-state index is 2.99. The van der Waals surface area contributed by atoms with Crippen molar-refractivity contribution in [3.63, 3.8) is 0 Å². The number of hydrogen-bond donors (Lipinski definition) is 0. The van der Waals surface area contributed by atoms with E-state index >= 15 is 0 Å². The molecule has 22 heavy (non-hydrogen) atoms. The molecule has 120 valence electrons. The number of halogens is 2. The molecule has 0 amide bonds. The van der Waals surface area contributed by atoms with Gasteiger partial charge in [-0.3, -0.25) is 6.08 Å². The van der Waals surface area contributed by atoms with Crippen molar-refractivity contribution >= 4 is 13.3 Å². The Kier molecular flexibility index (Phi) is 14.5. The predicted octanol–water partition coefficient (Wildman–Crippen LogP) is -1.12. The first-order chi connectivity index (χ1) is 9.27. The Balaban J connectivity index is 0. The largest absolute Gasteiger partial charge is 4.00 e. The molecule has 1 fully saturated rings. The van der Waals surface area contributed by atoms with Gasteiger partial charge in [0.25, 0.3) is 0 Å². The number of aryl methyl sites for hydroxylation is 1. The summed E-state index contributed by atoms with van der Waals surface area (Å²) in [6.45, 7) is 4.54. The molecular formula is C18H26Cl2HfSi. The van der Waals surface area contributed by atoms with E-state index in [9.17, 15) is 0 Å². The van der Waals surface area contributed by atoms with E-state index in [4.69, 9.17) is 0 Å². The van der Waals surface area contributed by atoms with E-state index in [1.807, 2.05) is 12.2 Å². The summed E-state index contributed by atoms with van der Waals surface area (Å²) in [6.07, 6.45) is 14.3. The summed E-state index contributed by atoms with van der Waals surface area (Å²) in [5.41, 5.74) is 1.47. The van der Waals surface area contributed by atoms with E-state index in [0.29, 0.717) is 0 Å². The van der Waals surface area contributed by atoms with Gasteiger partial charge in [-0.05, 0) is 0 Å². The molecule has 1 aromatic rings. The maximum absolute atomic E-state index is 2.99. The third-order valence-electron chi connectivity index (χ3n) is 4.43. The maximum Gasteiger partial charge on any atom is 4.00 e. The molecule has 0 spiro atoms. The van der Waals surface area contributed by atoms with Crippen LogP contribution in [0.25, 0.3) is 0 Å². The molecule has 0 radical (unpaired) electrons. The van der Waals surface area contributed by atoms with E-state index in [1.165, 1.54) is 24.8 Å². The standard InChI is InChI=1S/C13H21Si.C5H5.2ClH.Hf/c1-3-4-8-14(9-5-10-14)13-7-6-12(2)11-13;1-2-4-5-3-1;;;/h6-7,11H,3-5,8-10H2,1-2H3;1-3H,4H2;2*1H;/q2*-1;;;+4/p-2. The minimum Gasteiger partial charge on any atom is -1.00 e. The summed E-state index contributed by atoms with van der Waals surface area (Å²) in [6, 6.07) is 11.9. The molecule has 0 aromatic heterocycles. The summed E-state index contributed by atoms with van der Waals surface area (Å²) in [7, 11) is -0.919. The fraction of sp³-hybridized carbons (Fsp3) is 0.500. The van der Waals surface area contributed by atoms with Gasteiger partial charge < -0.3 is 24.8 Å². The number of unbranched alkanes of at least 4 members (excludes halogenated alkanes) is 1. The molecule has 4 heteroatoms. The molecule has 0 N–H and O–H groups in total. The zero-order valence-electron chi connectivity index (χ0n) is 13.7. The van der Waals surface area contributed by atoms with Gasteiger partial charge in [0.1, 0.15) is 0 Å². The van der Waals surface area contributed by atoms with Gasteiger partial charge in [0.15, 0.2) is 0 Å². The number of rotatable bonds is 4. The summed E-state index contributed by atoms with van der Waals surface area (Å²) in [5, 5.41) is 1.76. The van der Waals surface area contributed by atoms with Crippen molar-refractivity contribution in [3.05, 3.63) is 48.1 Å². The number of hydrogen-bond acceptors (Lipinski definition) is 0. The Labute approximate surface area is 168 Å². The molecule has 0 unspecified atom stereocenters. The Morgan fingerprint density at radius 1 is 1.27 bits per heavy atom. The van der Waals surface area contributed by atoms with Gasteiger partial charge in [0.05, 0.1) is 0 Å². The Morgan fingerprint density at radius 2 is 2.00 bits per heavy atom. The van der Waals surface area contributed by atoms with Gasteiger partial charge in [-0.15, -0.1) is 6.42 Å². The van der Waals surface area contributed by atoms with Crippen LogP contribution in [0.3, 0.4) is 0 Å².